The molecule has 6 nitrogen and oxygen atoms in total. The monoisotopic (exact) mass is 342 g/mol. The average molecular weight is 343 g/mol. The normalized spacial score (nSPS) is 10.2. The van der Waals surface area contributed by atoms with Gasteiger partial charge in [-0.05, 0) is 30.3 Å². The van der Waals surface area contributed by atoms with E-state index in [0.717, 1.165) is 5.69 Å². The SMILES string of the molecule is COc1ccc(Oc2ccnc(Nc3cccc(N)c3)n2)cc1Cl. The topological polar surface area (TPSA) is 82.3 Å². The third-order valence-electron chi connectivity index (χ3n) is 3.12. The van der Waals surface area contributed by atoms with Crippen LogP contribution in [0, 0.1) is 0 Å². The second-order valence-electron chi connectivity index (χ2n) is 4.87. The lowest BCUT2D eigenvalue weighted by molar-refractivity contribution is 0.412. The summed E-state index contributed by atoms with van der Waals surface area (Å²) in [5, 5.41) is 3.53. The average Bonchev–Trinajstić information content (AvgIpc) is 2.55. The molecule has 0 amide bonds. The Labute approximate surface area is 144 Å². The number of nitrogens with one attached hydrogen (secondary N) is 1. The van der Waals surface area contributed by atoms with Crippen LogP contribution in [-0.4, -0.2) is 17.1 Å². The van der Waals surface area contributed by atoms with E-state index in [4.69, 9.17) is 26.8 Å². The number of ether oxygens (including phenoxy) is 2. The molecule has 1 aromatic heterocycles. The minimum absolute atomic E-state index is 0.387. The van der Waals surface area contributed by atoms with Crippen LogP contribution in [0.1, 0.15) is 0 Å². The van der Waals surface area contributed by atoms with Crippen molar-refractivity contribution >= 4 is 28.9 Å². The minimum atomic E-state index is 0.387. The van der Waals surface area contributed by atoms with Crippen LogP contribution in [0.15, 0.2) is 54.7 Å². The molecular weight excluding hydrogens is 328 g/mol. The predicted octanol–water partition coefficient (Wildman–Crippen LogP) is 4.26. The van der Waals surface area contributed by atoms with Crippen LogP contribution in [0.25, 0.3) is 0 Å². The zero-order valence-electron chi connectivity index (χ0n) is 12.9. The smallest absolute Gasteiger partial charge is 0.230 e. The third-order valence-corrected chi connectivity index (χ3v) is 3.41. The van der Waals surface area contributed by atoms with Crippen LogP contribution >= 0.6 is 11.6 Å². The highest BCUT2D eigenvalue weighted by Gasteiger charge is 2.06. The quantitative estimate of drug-likeness (QED) is 0.674. The number of hydrogen-bond donors (Lipinski definition) is 2. The largest absolute Gasteiger partial charge is 0.495 e. The second-order valence-corrected chi connectivity index (χ2v) is 5.27. The standard InChI is InChI=1S/C17H15ClN4O2/c1-23-15-6-5-13(10-14(15)18)24-16-7-8-20-17(22-16)21-12-4-2-3-11(19)9-12/h2-10H,19H2,1H3,(H,20,21,22). The van der Waals surface area contributed by atoms with Crippen molar-refractivity contribution in [3.63, 3.8) is 0 Å². The molecule has 0 unspecified atom stereocenters. The fourth-order valence-electron chi connectivity index (χ4n) is 2.04. The number of hydrogen-bond acceptors (Lipinski definition) is 6. The minimum Gasteiger partial charge on any atom is -0.495 e. The van der Waals surface area contributed by atoms with E-state index in [1.54, 1.807) is 49.7 Å². The fourth-order valence-corrected chi connectivity index (χ4v) is 2.28. The highest BCUT2D eigenvalue weighted by molar-refractivity contribution is 6.32. The van der Waals surface area contributed by atoms with Crippen molar-refractivity contribution in [3.8, 4) is 17.4 Å². The van der Waals surface area contributed by atoms with Crippen molar-refractivity contribution in [2.75, 3.05) is 18.2 Å². The van der Waals surface area contributed by atoms with Crippen molar-refractivity contribution in [3.05, 3.63) is 59.8 Å². The maximum absolute atomic E-state index is 6.09. The summed E-state index contributed by atoms with van der Waals surface area (Å²) in [7, 11) is 1.56. The molecule has 2 aromatic carbocycles. The lowest BCUT2D eigenvalue weighted by atomic mass is 10.3. The molecule has 3 N–H and O–H groups in total. The molecule has 3 aromatic rings. The Bertz CT molecular complexity index is 857. The Morgan fingerprint density at radius 1 is 1.12 bits per heavy atom. The molecule has 0 saturated heterocycles. The number of nitrogens with zero attached hydrogens (tertiary/aromatic N) is 2. The maximum atomic E-state index is 6.09. The number of nitrogen functional groups attached to an aromatic ring is 1. The van der Waals surface area contributed by atoms with Crippen molar-refractivity contribution in [2.45, 2.75) is 0 Å². The van der Waals surface area contributed by atoms with Crippen molar-refractivity contribution in [2.24, 2.45) is 0 Å². The molecule has 122 valence electrons. The Morgan fingerprint density at radius 3 is 2.75 bits per heavy atom. The third kappa shape index (κ3) is 3.85. The van der Waals surface area contributed by atoms with Gasteiger partial charge in [0.1, 0.15) is 11.5 Å². The summed E-state index contributed by atoms with van der Waals surface area (Å²) in [4.78, 5) is 8.47. The first-order chi connectivity index (χ1) is 11.6. The lowest BCUT2D eigenvalue weighted by Gasteiger charge is -2.09. The highest BCUT2D eigenvalue weighted by atomic mass is 35.5. The molecule has 0 aliphatic heterocycles. The van der Waals surface area contributed by atoms with E-state index < -0.39 is 0 Å². The van der Waals surface area contributed by atoms with Crippen LogP contribution in [0.4, 0.5) is 17.3 Å². The molecule has 0 fully saturated rings. The first kappa shape index (κ1) is 15.9. The number of anilines is 3. The van der Waals surface area contributed by atoms with Gasteiger partial charge >= 0.3 is 0 Å². The number of rotatable bonds is 5. The number of aromatic nitrogens is 2. The Kier molecular flexibility index (Phi) is 4.67. The molecule has 0 spiro atoms. The van der Waals surface area contributed by atoms with Gasteiger partial charge in [0.15, 0.2) is 0 Å². The van der Waals surface area contributed by atoms with Crippen molar-refractivity contribution < 1.29 is 9.47 Å². The lowest BCUT2D eigenvalue weighted by Crippen LogP contribution is -1.99. The van der Waals surface area contributed by atoms with E-state index in [1.807, 2.05) is 12.1 Å². The van der Waals surface area contributed by atoms with Crippen LogP contribution < -0.4 is 20.5 Å². The summed E-state index contributed by atoms with van der Waals surface area (Å²) in [5.41, 5.74) is 7.20. The molecule has 0 atom stereocenters. The fraction of sp³-hybridized carbons (Fsp3) is 0.0588. The van der Waals surface area contributed by atoms with Gasteiger partial charge in [-0.2, -0.15) is 4.98 Å². The summed E-state index contributed by atoms with van der Waals surface area (Å²) in [6.45, 7) is 0. The van der Waals surface area contributed by atoms with Gasteiger partial charge in [0.25, 0.3) is 0 Å². The molecule has 0 aliphatic rings. The number of benzene rings is 2. The van der Waals surface area contributed by atoms with E-state index in [1.165, 1.54) is 0 Å². The summed E-state index contributed by atoms with van der Waals surface area (Å²) in [6, 6.07) is 14.1. The first-order valence-electron chi connectivity index (χ1n) is 7.11. The van der Waals surface area contributed by atoms with Gasteiger partial charge in [0.2, 0.25) is 11.8 Å². The van der Waals surface area contributed by atoms with Gasteiger partial charge in [-0.25, -0.2) is 4.98 Å². The van der Waals surface area contributed by atoms with Gasteiger partial charge in [0, 0.05) is 29.7 Å². The van der Waals surface area contributed by atoms with E-state index in [9.17, 15) is 0 Å². The van der Waals surface area contributed by atoms with E-state index in [0.29, 0.717) is 34.0 Å². The van der Waals surface area contributed by atoms with E-state index >= 15 is 0 Å². The summed E-state index contributed by atoms with van der Waals surface area (Å²) >= 11 is 6.09. The number of methoxy groups -OCH3 is 1. The molecule has 7 heteroatoms. The van der Waals surface area contributed by atoms with Gasteiger partial charge in [-0.15, -0.1) is 0 Å². The molecular formula is C17H15ClN4O2. The number of nitrogens with two attached hydrogens (primary N) is 1. The van der Waals surface area contributed by atoms with Crippen LogP contribution in [-0.2, 0) is 0 Å². The van der Waals surface area contributed by atoms with Gasteiger partial charge in [0.05, 0.1) is 12.1 Å². The molecule has 24 heavy (non-hydrogen) atoms. The molecule has 0 radical (unpaired) electrons. The Morgan fingerprint density at radius 2 is 2.00 bits per heavy atom. The molecule has 1 heterocycles. The second kappa shape index (κ2) is 7.06. The maximum Gasteiger partial charge on any atom is 0.230 e. The molecule has 0 bridgehead atoms. The van der Waals surface area contributed by atoms with Gasteiger partial charge in [-0.1, -0.05) is 17.7 Å². The zero-order chi connectivity index (χ0) is 16.9. The summed E-state index contributed by atoms with van der Waals surface area (Å²) in [5.74, 6) is 1.92. The molecule has 0 saturated carbocycles. The van der Waals surface area contributed by atoms with Crippen LogP contribution in [0.2, 0.25) is 5.02 Å². The van der Waals surface area contributed by atoms with E-state index in [-0.39, 0.29) is 0 Å². The Balaban J connectivity index is 1.76. The van der Waals surface area contributed by atoms with Gasteiger partial charge in [-0.3, -0.25) is 0 Å². The summed E-state index contributed by atoms with van der Waals surface area (Å²) in [6.07, 6.45) is 1.60. The Hall–Kier alpha value is -2.99. The first-order valence-corrected chi connectivity index (χ1v) is 7.49. The summed E-state index contributed by atoms with van der Waals surface area (Å²) < 4.78 is 10.8. The zero-order valence-corrected chi connectivity index (χ0v) is 13.6. The highest BCUT2D eigenvalue weighted by Crippen LogP contribution is 2.30. The van der Waals surface area contributed by atoms with Crippen LogP contribution in [0.5, 0.6) is 17.4 Å². The molecule has 3 rings (SSSR count). The van der Waals surface area contributed by atoms with Gasteiger partial charge < -0.3 is 20.5 Å². The molecule has 0 aliphatic carbocycles. The van der Waals surface area contributed by atoms with Crippen LogP contribution in [0.3, 0.4) is 0 Å². The van der Waals surface area contributed by atoms with Crippen molar-refractivity contribution in [1.82, 2.24) is 9.97 Å². The number of halogens is 1. The van der Waals surface area contributed by atoms with E-state index in [2.05, 4.69) is 15.3 Å². The van der Waals surface area contributed by atoms with Crippen molar-refractivity contribution in [1.29, 1.82) is 0 Å². The predicted molar refractivity (Wildman–Crippen MR) is 94.2 cm³/mol.